The lowest BCUT2D eigenvalue weighted by molar-refractivity contribution is -0.161. The molecule has 0 radical (unpaired) electrons. The lowest BCUT2D eigenvalue weighted by Crippen LogP contribution is -2.39. The van der Waals surface area contributed by atoms with Gasteiger partial charge in [0.1, 0.15) is 39.6 Å². The van der Waals surface area contributed by atoms with Gasteiger partial charge in [0.15, 0.2) is 0 Å². The summed E-state index contributed by atoms with van der Waals surface area (Å²) in [5.41, 5.74) is 3.76. The summed E-state index contributed by atoms with van der Waals surface area (Å²) in [6.45, 7) is 2.71. The van der Waals surface area contributed by atoms with Gasteiger partial charge < -0.3 is 44.4 Å². The maximum atomic E-state index is 12.9. The second-order valence-electron chi connectivity index (χ2n) is 16.1. The van der Waals surface area contributed by atoms with Gasteiger partial charge in [0, 0.05) is 54.2 Å². The molecule has 0 saturated heterocycles. The predicted molar refractivity (Wildman–Crippen MR) is 281 cm³/mol. The molecule has 0 unspecified atom stereocenters. The molecule has 0 heterocycles. The van der Waals surface area contributed by atoms with E-state index < -0.39 is 41.6 Å². The Labute approximate surface area is 447 Å². The van der Waals surface area contributed by atoms with E-state index in [4.69, 9.17) is 28.4 Å². The highest BCUT2D eigenvalue weighted by molar-refractivity contribution is 7.99. The van der Waals surface area contributed by atoms with Crippen molar-refractivity contribution in [1.82, 2.24) is 16.0 Å². The van der Waals surface area contributed by atoms with Gasteiger partial charge in [-0.05, 0) is 39.8 Å². The average molecular weight is 1100 g/mol. The van der Waals surface area contributed by atoms with Crippen LogP contribution in [0.25, 0.3) is 0 Å². The van der Waals surface area contributed by atoms with Gasteiger partial charge in [-0.25, -0.2) is 43.7 Å². The highest BCUT2D eigenvalue weighted by atomic mass is 32.2. The Morgan fingerprint density at radius 3 is 1.03 bits per heavy atom. The molecule has 0 aliphatic carbocycles. The number of carbonyl (C=O) groups excluding carboxylic acids is 9. The zero-order chi connectivity index (χ0) is 54.2. The largest absolute Gasteiger partial charge is 0.465 e. The van der Waals surface area contributed by atoms with Gasteiger partial charge in [-0.3, -0.25) is 14.4 Å². The first kappa shape index (κ1) is 62.4. The number of isocyanates is 3. The summed E-state index contributed by atoms with van der Waals surface area (Å²) in [6, 6.07) is 21.7. The zero-order valence-corrected chi connectivity index (χ0v) is 44.1. The molecular formula is C51H62N6O15S3. The molecule has 3 N–H and O–H groups in total. The molecule has 21 nitrogen and oxygen atoms in total. The molecule has 0 aliphatic rings. The third-order valence-corrected chi connectivity index (χ3v) is 13.2. The van der Waals surface area contributed by atoms with Gasteiger partial charge in [0.2, 0.25) is 18.2 Å². The van der Waals surface area contributed by atoms with E-state index in [2.05, 4.69) is 30.9 Å². The topological polar surface area (TPSA) is 282 Å². The van der Waals surface area contributed by atoms with Crippen molar-refractivity contribution in [2.75, 3.05) is 74.2 Å². The van der Waals surface area contributed by atoms with E-state index in [-0.39, 0.29) is 98.2 Å². The SMILES string of the molecule is CCC(COC(=O)CCSCCOC(=O)NCc1cccc(CN=C=O)c1)(COC(=O)CCSCCOC(=O)NCc1cccc(CN=C=O)c1)COC(=O)CCSCCOC(=O)NCc1cccc(CN=C=O)c1. The molecule has 3 amide bonds. The fourth-order valence-electron chi connectivity index (χ4n) is 6.26. The van der Waals surface area contributed by atoms with Crippen LogP contribution < -0.4 is 16.0 Å². The zero-order valence-electron chi connectivity index (χ0n) is 41.7. The van der Waals surface area contributed by atoms with Crippen LogP contribution in [0.15, 0.2) is 87.8 Å². The lowest BCUT2D eigenvalue weighted by Gasteiger charge is -2.31. The van der Waals surface area contributed by atoms with Crippen LogP contribution in [-0.2, 0) is 96.5 Å². The number of aliphatic imine (C=N–C) groups is 3. The Kier molecular flexibility index (Phi) is 32.1. The predicted octanol–water partition coefficient (Wildman–Crippen LogP) is 6.67. The number of esters is 3. The normalized spacial score (nSPS) is 11.2. The van der Waals surface area contributed by atoms with Crippen molar-refractivity contribution in [3.63, 3.8) is 0 Å². The summed E-state index contributed by atoms with van der Waals surface area (Å²) >= 11 is 4.14. The smallest absolute Gasteiger partial charge is 0.407 e. The van der Waals surface area contributed by atoms with Crippen molar-refractivity contribution in [3.8, 4) is 0 Å². The second kappa shape index (κ2) is 38.6. The molecule has 0 bridgehead atoms. The molecule has 0 aromatic heterocycles. The number of alkyl carbamates (subject to hydrolysis) is 3. The van der Waals surface area contributed by atoms with Gasteiger partial charge in [0.25, 0.3) is 0 Å². The first-order valence-electron chi connectivity index (χ1n) is 23.7. The molecule has 0 spiro atoms. The van der Waals surface area contributed by atoms with Gasteiger partial charge in [0.05, 0.1) is 44.3 Å². The molecule has 3 rings (SSSR count). The Morgan fingerprint density at radius 1 is 0.453 bits per heavy atom. The highest BCUT2D eigenvalue weighted by Crippen LogP contribution is 2.26. The standard InChI is InChI=1S/C51H62N6O15S3/c1-2-51(33-70-45(61)12-18-73-21-15-67-48(64)55-30-42-9-3-6-39(24-42)27-52-36-58,34-71-46(62)13-19-74-22-16-68-49(65)56-31-43-10-4-7-40(25-43)28-53-37-59)35-72-47(63)14-20-75-23-17-69-50(66)57-32-44-11-5-8-41(26-44)29-54-38-60/h3-11,24-26H,2,12-23,27-35H2,1H3,(H,55,64)(H,56,65)(H,57,66). The van der Waals surface area contributed by atoms with E-state index in [1.54, 1.807) is 43.3 Å². The molecule has 0 atom stereocenters. The van der Waals surface area contributed by atoms with E-state index in [0.29, 0.717) is 40.9 Å². The Hall–Kier alpha value is -6.93. The monoisotopic (exact) mass is 1090 g/mol. The first-order valence-corrected chi connectivity index (χ1v) is 27.2. The van der Waals surface area contributed by atoms with Crippen molar-refractivity contribution in [2.24, 2.45) is 20.4 Å². The summed E-state index contributed by atoms with van der Waals surface area (Å²) in [6.07, 6.45) is 3.07. The van der Waals surface area contributed by atoms with E-state index in [0.717, 1.165) is 33.4 Å². The van der Waals surface area contributed by atoms with Gasteiger partial charge in [-0.2, -0.15) is 35.3 Å². The molecule has 0 fully saturated rings. The summed E-state index contributed by atoms with van der Waals surface area (Å²) in [7, 11) is 0. The molecule has 0 saturated carbocycles. The third-order valence-electron chi connectivity index (χ3n) is 10.4. The third kappa shape index (κ3) is 29.5. The minimum atomic E-state index is -1.06. The number of benzene rings is 3. The maximum Gasteiger partial charge on any atom is 0.407 e. The van der Waals surface area contributed by atoms with Crippen molar-refractivity contribution < 1.29 is 71.6 Å². The summed E-state index contributed by atoms with van der Waals surface area (Å²) in [4.78, 5) is 117. The highest BCUT2D eigenvalue weighted by Gasteiger charge is 2.34. The van der Waals surface area contributed by atoms with Crippen LogP contribution in [0, 0.1) is 5.41 Å². The molecule has 404 valence electrons. The number of ether oxygens (including phenoxy) is 6. The summed E-state index contributed by atoms with van der Waals surface area (Å²) in [5, 5.41) is 7.98. The minimum absolute atomic E-state index is 0.0341. The van der Waals surface area contributed by atoms with E-state index >= 15 is 0 Å². The number of nitrogens with zero attached hydrogens (tertiary/aromatic N) is 3. The molecule has 24 heteroatoms. The molecule has 0 aliphatic heterocycles. The number of nitrogens with one attached hydrogen (secondary N) is 3. The van der Waals surface area contributed by atoms with E-state index in [1.807, 2.05) is 36.4 Å². The van der Waals surface area contributed by atoms with Crippen LogP contribution in [0.1, 0.15) is 66.0 Å². The average Bonchev–Trinajstić information content (AvgIpc) is 3.42. The van der Waals surface area contributed by atoms with Gasteiger partial charge >= 0.3 is 36.2 Å². The van der Waals surface area contributed by atoms with Gasteiger partial charge in [-0.1, -0.05) is 79.7 Å². The number of hydrogen-bond donors (Lipinski definition) is 3. The Balaban J connectivity index is 1.39. The van der Waals surface area contributed by atoms with Crippen molar-refractivity contribution in [3.05, 3.63) is 106 Å². The Bertz CT molecular complexity index is 2170. The first-order chi connectivity index (χ1) is 36.5. The van der Waals surface area contributed by atoms with E-state index in [9.17, 15) is 43.2 Å². The second-order valence-corrected chi connectivity index (χ2v) is 19.7. The molecule has 75 heavy (non-hydrogen) atoms. The van der Waals surface area contributed by atoms with Gasteiger partial charge in [-0.15, -0.1) is 0 Å². The summed E-state index contributed by atoms with van der Waals surface area (Å²) in [5.74, 6) is 0.787. The van der Waals surface area contributed by atoms with Crippen LogP contribution in [0.5, 0.6) is 0 Å². The fraction of sp³-hybridized carbons (Fsp3) is 0.471. The number of carbonyl (C=O) groups is 6. The van der Waals surface area contributed by atoms with Crippen molar-refractivity contribution in [1.29, 1.82) is 0 Å². The minimum Gasteiger partial charge on any atom is -0.465 e. The Morgan fingerprint density at radius 2 is 0.747 bits per heavy atom. The van der Waals surface area contributed by atoms with Crippen LogP contribution >= 0.6 is 35.3 Å². The van der Waals surface area contributed by atoms with Crippen LogP contribution in [0.2, 0.25) is 0 Å². The van der Waals surface area contributed by atoms with E-state index in [1.165, 1.54) is 53.5 Å². The summed E-state index contributed by atoms with van der Waals surface area (Å²) < 4.78 is 32.6. The number of rotatable bonds is 37. The molecule has 3 aromatic carbocycles. The van der Waals surface area contributed by atoms with Crippen molar-refractivity contribution in [2.45, 2.75) is 71.9 Å². The number of hydrogen-bond acceptors (Lipinski definition) is 21. The van der Waals surface area contributed by atoms with Crippen molar-refractivity contribution >= 4 is 89.7 Å². The van der Waals surface area contributed by atoms with Crippen LogP contribution in [0.4, 0.5) is 14.4 Å². The maximum absolute atomic E-state index is 12.9. The molecular weight excluding hydrogens is 1030 g/mol. The number of amides is 3. The quantitative estimate of drug-likeness (QED) is 0.0179. The van der Waals surface area contributed by atoms with Crippen LogP contribution in [-0.4, -0.2) is 129 Å². The van der Waals surface area contributed by atoms with Crippen LogP contribution in [0.3, 0.4) is 0 Å². The number of thioether (sulfide) groups is 3. The lowest BCUT2D eigenvalue weighted by atomic mass is 9.88. The molecule has 3 aromatic rings. The fourth-order valence-corrected chi connectivity index (χ4v) is 8.41.